The summed E-state index contributed by atoms with van der Waals surface area (Å²) in [5.74, 6) is 0.157. The van der Waals surface area contributed by atoms with E-state index in [4.69, 9.17) is 0 Å². The number of alkyl halides is 3. The fourth-order valence-electron chi connectivity index (χ4n) is 5.38. The maximum atomic E-state index is 13.1. The average molecular weight is 631 g/mol. The highest BCUT2D eigenvalue weighted by Crippen LogP contribution is 2.33. The molecule has 0 unspecified atom stereocenters. The van der Waals surface area contributed by atoms with Crippen molar-refractivity contribution in [2.24, 2.45) is 4.99 Å². The highest BCUT2D eigenvalue weighted by molar-refractivity contribution is 7.07. The molecule has 6 rings (SSSR count). The third kappa shape index (κ3) is 6.75. The van der Waals surface area contributed by atoms with Gasteiger partial charge in [0.15, 0.2) is 10.6 Å². The first-order valence-electron chi connectivity index (χ1n) is 14.4. The van der Waals surface area contributed by atoms with Gasteiger partial charge in [-0.3, -0.25) is 4.57 Å². The van der Waals surface area contributed by atoms with E-state index in [1.54, 1.807) is 0 Å². The lowest BCUT2D eigenvalue weighted by molar-refractivity contribution is -0.274. The third-order valence-electron chi connectivity index (χ3n) is 7.48. The normalized spacial score (nSPS) is 13.8. The molecule has 0 radical (unpaired) electrons. The van der Waals surface area contributed by atoms with Crippen LogP contribution in [0.1, 0.15) is 43.0 Å². The topological polar surface area (TPSA) is 86.3 Å². The van der Waals surface area contributed by atoms with Crippen LogP contribution in [0.4, 0.5) is 18.0 Å². The SMILES string of the molecule is CCc1ccccc1-n1c(C)csc1=NC(=O)NC1=C(c2ccc(-c3ncn(-c4ccc(OC(F)(F)F)cc4)n3)cc2)CCC1. The summed E-state index contributed by atoms with van der Waals surface area (Å²) in [5, 5.41) is 9.52. The van der Waals surface area contributed by atoms with Crippen molar-refractivity contribution >= 4 is 22.9 Å². The first-order valence-corrected chi connectivity index (χ1v) is 15.3. The smallest absolute Gasteiger partial charge is 0.406 e. The van der Waals surface area contributed by atoms with Crippen molar-refractivity contribution in [2.45, 2.75) is 45.9 Å². The van der Waals surface area contributed by atoms with E-state index in [0.29, 0.717) is 16.3 Å². The molecule has 0 fully saturated rings. The Morgan fingerprint density at radius 1 is 1.02 bits per heavy atom. The van der Waals surface area contributed by atoms with Gasteiger partial charge in [0.25, 0.3) is 0 Å². The van der Waals surface area contributed by atoms with Crippen molar-refractivity contribution in [3.8, 4) is 28.5 Å². The monoisotopic (exact) mass is 630 g/mol. The Morgan fingerprint density at radius 3 is 2.49 bits per heavy atom. The first kappa shape index (κ1) is 30.1. The Bertz CT molecular complexity index is 1940. The number of amides is 2. The number of hydrogen-bond acceptors (Lipinski definition) is 5. The van der Waals surface area contributed by atoms with E-state index in [1.807, 2.05) is 59.3 Å². The largest absolute Gasteiger partial charge is 0.573 e. The van der Waals surface area contributed by atoms with Gasteiger partial charge >= 0.3 is 12.4 Å². The molecule has 2 heterocycles. The number of thiazole rings is 1. The number of urea groups is 1. The lowest BCUT2D eigenvalue weighted by Gasteiger charge is -2.11. The molecule has 8 nitrogen and oxygen atoms in total. The Hall–Kier alpha value is -4.97. The maximum absolute atomic E-state index is 13.1. The summed E-state index contributed by atoms with van der Waals surface area (Å²) in [4.78, 5) is 22.6. The Labute approximate surface area is 261 Å². The number of allylic oxidation sites excluding steroid dienone is 2. The highest BCUT2D eigenvalue weighted by atomic mass is 32.1. The molecule has 0 bridgehead atoms. The van der Waals surface area contributed by atoms with Crippen molar-refractivity contribution in [1.29, 1.82) is 0 Å². The molecule has 230 valence electrons. The van der Waals surface area contributed by atoms with E-state index in [-0.39, 0.29) is 5.75 Å². The van der Waals surface area contributed by atoms with Crippen LogP contribution in [-0.4, -0.2) is 31.7 Å². The van der Waals surface area contributed by atoms with Crippen LogP contribution in [0, 0.1) is 6.92 Å². The first-order chi connectivity index (χ1) is 21.7. The zero-order valence-corrected chi connectivity index (χ0v) is 25.3. The summed E-state index contributed by atoms with van der Waals surface area (Å²) in [6.07, 6.45) is 0.122. The molecule has 1 N–H and O–H groups in total. The van der Waals surface area contributed by atoms with Crippen LogP contribution in [0.25, 0.3) is 28.3 Å². The van der Waals surface area contributed by atoms with E-state index in [9.17, 15) is 18.0 Å². The fraction of sp³-hybridized carbons (Fsp3) is 0.212. The summed E-state index contributed by atoms with van der Waals surface area (Å²) in [7, 11) is 0. The van der Waals surface area contributed by atoms with Crippen LogP contribution < -0.4 is 14.9 Å². The second-order valence-corrected chi connectivity index (χ2v) is 11.3. The molecule has 2 amide bonds. The van der Waals surface area contributed by atoms with Gasteiger partial charge in [-0.1, -0.05) is 49.4 Å². The number of carbonyl (C=O) groups is 1. The zero-order chi connectivity index (χ0) is 31.6. The lowest BCUT2D eigenvalue weighted by atomic mass is 10.0. The number of rotatable bonds is 7. The molecule has 3 aromatic carbocycles. The number of benzene rings is 3. The van der Waals surface area contributed by atoms with Gasteiger partial charge < -0.3 is 10.1 Å². The van der Waals surface area contributed by atoms with Crippen LogP contribution in [-0.2, 0) is 6.42 Å². The molecule has 1 aliphatic rings. The molecule has 0 saturated heterocycles. The Morgan fingerprint density at radius 2 is 1.76 bits per heavy atom. The van der Waals surface area contributed by atoms with Gasteiger partial charge in [0.05, 0.1) is 11.4 Å². The molecule has 12 heteroatoms. The minimum atomic E-state index is -4.75. The summed E-state index contributed by atoms with van der Waals surface area (Å²) in [6, 6.07) is 20.9. The number of ether oxygens (including phenoxy) is 1. The third-order valence-corrected chi connectivity index (χ3v) is 8.43. The molecule has 0 spiro atoms. The lowest BCUT2D eigenvalue weighted by Crippen LogP contribution is -2.24. The van der Waals surface area contributed by atoms with Gasteiger partial charge in [0.2, 0.25) is 0 Å². The number of aromatic nitrogens is 4. The number of carbonyl (C=O) groups excluding carboxylic acids is 1. The van der Waals surface area contributed by atoms with E-state index < -0.39 is 12.4 Å². The summed E-state index contributed by atoms with van der Waals surface area (Å²) in [5.41, 5.74) is 7.46. The van der Waals surface area contributed by atoms with Crippen molar-refractivity contribution < 1.29 is 22.7 Å². The second kappa shape index (κ2) is 12.6. The minimum absolute atomic E-state index is 0.310. The standard InChI is InChI=1S/C33H29F3N6O2S/c1-3-22-7-4-5-10-29(22)42-21(2)19-45-32(42)39-31(43)38-28-9-6-8-27(28)23-11-13-24(14-12-23)30-37-20-41(40-30)25-15-17-26(18-16-25)44-33(34,35)36/h4-5,7,10-20H,3,6,8-9H2,1-2H3,(H,38,43). The van der Waals surface area contributed by atoms with E-state index in [0.717, 1.165) is 59.5 Å². The van der Waals surface area contributed by atoms with Crippen LogP contribution in [0.5, 0.6) is 5.75 Å². The van der Waals surface area contributed by atoms with Crippen molar-refractivity contribution in [3.63, 3.8) is 0 Å². The fourth-order valence-corrected chi connectivity index (χ4v) is 6.24. The number of aryl methyl sites for hydroxylation is 2. The second-order valence-electron chi connectivity index (χ2n) is 10.5. The molecule has 0 saturated carbocycles. The van der Waals surface area contributed by atoms with Gasteiger partial charge in [-0.25, -0.2) is 14.5 Å². The number of hydrogen-bond donors (Lipinski definition) is 1. The van der Waals surface area contributed by atoms with E-state index in [1.165, 1.54) is 52.2 Å². The Balaban J connectivity index is 1.18. The summed E-state index contributed by atoms with van der Waals surface area (Å²) < 4.78 is 44.8. The molecular weight excluding hydrogens is 601 g/mol. The van der Waals surface area contributed by atoms with Gasteiger partial charge in [0, 0.05) is 22.3 Å². The maximum Gasteiger partial charge on any atom is 0.573 e. The molecule has 5 aromatic rings. The number of nitrogens with one attached hydrogen (secondary N) is 1. The highest BCUT2D eigenvalue weighted by Gasteiger charge is 2.31. The number of halogens is 3. The quantitative estimate of drug-likeness (QED) is 0.199. The van der Waals surface area contributed by atoms with Gasteiger partial charge in [-0.2, -0.15) is 4.99 Å². The molecule has 0 aliphatic heterocycles. The average Bonchev–Trinajstić information content (AvgIpc) is 3.78. The van der Waals surface area contributed by atoms with Crippen LogP contribution in [0.2, 0.25) is 0 Å². The van der Waals surface area contributed by atoms with Crippen LogP contribution in [0.15, 0.2) is 95.2 Å². The Kier molecular flexibility index (Phi) is 8.40. The van der Waals surface area contributed by atoms with Crippen molar-refractivity contribution in [1.82, 2.24) is 24.6 Å². The van der Waals surface area contributed by atoms with Crippen molar-refractivity contribution in [3.05, 3.63) is 112 Å². The van der Waals surface area contributed by atoms with Gasteiger partial charge in [0.1, 0.15) is 12.1 Å². The van der Waals surface area contributed by atoms with Gasteiger partial charge in [-0.15, -0.1) is 29.6 Å². The molecule has 2 aromatic heterocycles. The number of nitrogens with zero attached hydrogens (tertiary/aromatic N) is 5. The zero-order valence-electron chi connectivity index (χ0n) is 24.5. The summed E-state index contributed by atoms with van der Waals surface area (Å²) >= 11 is 1.44. The summed E-state index contributed by atoms with van der Waals surface area (Å²) in [6.45, 7) is 4.12. The van der Waals surface area contributed by atoms with Crippen molar-refractivity contribution in [2.75, 3.05) is 0 Å². The van der Waals surface area contributed by atoms with Crippen LogP contribution in [0.3, 0.4) is 0 Å². The number of para-hydroxylation sites is 1. The predicted octanol–water partition coefficient (Wildman–Crippen LogP) is 7.76. The van der Waals surface area contributed by atoms with Crippen LogP contribution >= 0.6 is 11.3 Å². The van der Waals surface area contributed by atoms with E-state index >= 15 is 0 Å². The molecule has 45 heavy (non-hydrogen) atoms. The molecule has 1 aliphatic carbocycles. The minimum Gasteiger partial charge on any atom is -0.406 e. The molecule has 0 atom stereocenters. The predicted molar refractivity (Wildman–Crippen MR) is 166 cm³/mol. The van der Waals surface area contributed by atoms with Gasteiger partial charge in [-0.05, 0) is 79.6 Å². The van der Waals surface area contributed by atoms with E-state index in [2.05, 4.69) is 38.1 Å². The molecular formula is C33H29F3N6O2S.